The van der Waals surface area contributed by atoms with Crippen LogP contribution in [0.5, 0.6) is 0 Å². The largest absolute Gasteiger partial charge is 0.353 e. The molecule has 4 nitrogen and oxygen atoms in total. The zero-order valence-corrected chi connectivity index (χ0v) is 14.4. The predicted octanol–water partition coefficient (Wildman–Crippen LogP) is 3.63. The molecule has 0 bridgehead atoms. The van der Waals surface area contributed by atoms with E-state index in [4.69, 9.17) is 11.6 Å². The third kappa shape index (κ3) is 2.63. The molecule has 23 heavy (non-hydrogen) atoms. The predicted molar refractivity (Wildman–Crippen MR) is 94.3 cm³/mol. The van der Waals surface area contributed by atoms with Crippen LogP contribution < -0.4 is 10.6 Å². The van der Waals surface area contributed by atoms with Crippen LogP contribution in [0.25, 0.3) is 0 Å². The minimum atomic E-state index is -0.226. The van der Waals surface area contributed by atoms with Crippen LogP contribution in [0.1, 0.15) is 39.5 Å². The number of thiophene rings is 1. The number of nitrogens with one attached hydrogen (secondary N) is 2. The summed E-state index contributed by atoms with van der Waals surface area (Å²) in [7, 11) is 0. The first kappa shape index (κ1) is 15.0. The smallest absolute Gasteiger partial charge is 0.256 e. The van der Waals surface area contributed by atoms with E-state index < -0.39 is 0 Å². The maximum atomic E-state index is 12.6. The molecule has 0 aliphatic carbocycles. The van der Waals surface area contributed by atoms with Gasteiger partial charge in [0.25, 0.3) is 5.91 Å². The topological polar surface area (TPSA) is 44.4 Å². The fourth-order valence-corrected chi connectivity index (χ4v) is 4.81. The van der Waals surface area contributed by atoms with E-state index in [0.717, 1.165) is 42.2 Å². The molecule has 4 rings (SSSR count). The number of anilines is 1. The Labute approximate surface area is 144 Å². The van der Waals surface area contributed by atoms with Gasteiger partial charge in [0.2, 0.25) is 0 Å². The van der Waals surface area contributed by atoms with Crippen LogP contribution in [0, 0.1) is 0 Å². The Bertz CT molecular complexity index is 773. The first-order valence-corrected chi connectivity index (χ1v) is 9.05. The quantitative estimate of drug-likeness (QED) is 0.871. The van der Waals surface area contributed by atoms with Crippen LogP contribution in [0.3, 0.4) is 0 Å². The zero-order valence-electron chi connectivity index (χ0n) is 12.9. The second-order valence-corrected chi connectivity index (χ2v) is 7.47. The molecule has 1 amide bonds. The Kier molecular flexibility index (Phi) is 3.79. The Morgan fingerprint density at radius 2 is 2.26 bits per heavy atom. The Morgan fingerprint density at radius 3 is 3.04 bits per heavy atom. The first-order chi connectivity index (χ1) is 11.2. The number of likely N-dealkylation sites (N-methyl/N-ethyl adjacent to an activating group) is 1. The first-order valence-electron chi connectivity index (χ1n) is 7.85. The van der Waals surface area contributed by atoms with E-state index in [9.17, 15) is 4.79 Å². The van der Waals surface area contributed by atoms with Gasteiger partial charge in [-0.3, -0.25) is 9.69 Å². The maximum Gasteiger partial charge on any atom is 0.256 e. The number of carbonyl (C=O) groups is 1. The van der Waals surface area contributed by atoms with Crippen molar-refractivity contribution in [2.24, 2.45) is 0 Å². The van der Waals surface area contributed by atoms with Gasteiger partial charge in [-0.25, -0.2) is 0 Å². The van der Waals surface area contributed by atoms with Crippen molar-refractivity contribution in [3.63, 3.8) is 0 Å². The van der Waals surface area contributed by atoms with E-state index in [-0.39, 0.29) is 12.1 Å². The molecule has 0 radical (unpaired) electrons. The van der Waals surface area contributed by atoms with Gasteiger partial charge in [0, 0.05) is 23.0 Å². The molecule has 3 heterocycles. The minimum absolute atomic E-state index is 0.0196. The summed E-state index contributed by atoms with van der Waals surface area (Å²) >= 11 is 7.79. The van der Waals surface area contributed by atoms with Gasteiger partial charge in [-0.05, 0) is 36.2 Å². The van der Waals surface area contributed by atoms with E-state index in [0.29, 0.717) is 5.02 Å². The number of fused-ring (bicyclic) bond motifs is 3. The molecule has 1 atom stereocenters. The highest BCUT2D eigenvalue weighted by Crippen LogP contribution is 2.40. The van der Waals surface area contributed by atoms with E-state index >= 15 is 0 Å². The van der Waals surface area contributed by atoms with E-state index in [1.165, 1.54) is 10.4 Å². The molecule has 6 heteroatoms. The van der Waals surface area contributed by atoms with Gasteiger partial charge in [-0.15, -0.1) is 11.3 Å². The fourth-order valence-electron chi connectivity index (χ4n) is 3.29. The summed E-state index contributed by atoms with van der Waals surface area (Å²) in [4.78, 5) is 16.4. The monoisotopic (exact) mass is 347 g/mol. The normalized spacial score (nSPS) is 20.4. The highest BCUT2D eigenvalue weighted by Gasteiger charge is 2.33. The van der Waals surface area contributed by atoms with Crippen LogP contribution in [0.4, 0.5) is 5.00 Å². The summed E-state index contributed by atoms with van der Waals surface area (Å²) in [5.74, 6) is 0.0196. The second kappa shape index (κ2) is 5.82. The lowest BCUT2D eigenvalue weighted by Crippen LogP contribution is -2.38. The molecule has 0 saturated carbocycles. The third-order valence-corrected chi connectivity index (χ3v) is 5.93. The van der Waals surface area contributed by atoms with Crippen molar-refractivity contribution in [2.45, 2.75) is 26.1 Å². The van der Waals surface area contributed by atoms with Gasteiger partial charge in [0.05, 0.1) is 5.56 Å². The lowest BCUT2D eigenvalue weighted by atomic mass is 10.0. The number of carbonyl (C=O) groups excluding carboxylic acids is 1. The molecular formula is C17H18ClN3OS. The number of benzene rings is 1. The molecule has 0 unspecified atom stereocenters. The van der Waals surface area contributed by atoms with Crippen molar-refractivity contribution in [2.75, 3.05) is 18.4 Å². The standard InChI is InChI=1S/C17H18ClN3OS/c1-2-21-7-6-12-13(9-21)23-17-14(12)16(22)19-15(20-17)10-4-3-5-11(18)8-10/h3-5,8,15,20H,2,6-7,9H2,1H3,(H,19,22)/t15-/m0/s1. The lowest BCUT2D eigenvalue weighted by molar-refractivity contribution is 0.0934. The molecule has 1 aromatic carbocycles. The molecule has 1 aromatic heterocycles. The van der Waals surface area contributed by atoms with E-state index in [2.05, 4.69) is 22.5 Å². The van der Waals surface area contributed by atoms with Crippen molar-refractivity contribution < 1.29 is 4.79 Å². The van der Waals surface area contributed by atoms with Gasteiger partial charge >= 0.3 is 0 Å². The van der Waals surface area contributed by atoms with Gasteiger partial charge in [-0.1, -0.05) is 30.7 Å². The average molecular weight is 348 g/mol. The number of amides is 1. The highest BCUT2D eigenvalue weighted by molar-refractivity contribution is 7.16. The van der Waals surface area contributed by atoms with Crippen LogP contribution in [0.15, 0.2) is 24.3 Å². The van der Waals surface area contributed by atoms with Crippen LogP contribution in [-0.2, 0) is 13.0 Å². The lowest BCUT2D eigenvalue weighted by Gasteiger charge is -2.28. The second-order valence-electron chi connectivity index (χ2n) is 5.93. The number of hydrogen-bond donors (Lipinski definition) is 2. The summed E-state index contributed by atoms with van der Waals surface area (Å²) in [5.41, 5.74) is 3.04. The molecule has 2 aromatic rings. The average Bonchev–Trinajstić information content (AvgIpc) is 2.92. The van der Waals surface area contributed by atoms with Crippen LogP contribution in [-0.4, -0.2) is 23.9 Å². The molecule has 2 aliphatic heterocycles. The van der Waals surface area contributed by atoms with Gasteiger partial charge in [-0.2, -0.15) is 0 Å². The highest BCUT2D eigenvalue weighted by atomic mass is 35.5. The molecule has 120 valence electrons. The number of halogens is 1. The van der Waals surface area contributed by atoms with E-state index in [1.807, 2.05) is 24.3 Å². The summed E-state index contributed by atoms with van der Waals surface area (Å²) in [6, 6.07) is 7.60. The molecule has 0 saturated heterocycles. The van der Waals surface area contributed by atoms with Gasteiger partial charge in [0.1, 0.15) is 11.2 Å². The number of nitrogens with zero attached hydrogens (tertiary/aromatic N) is 1. The Balaban J connectivity index is 1.68. The molecule has 2 N–H and O–H groups in total. The molecular weight excluding hydrogens is 330 g/mol. The van der Waals surface area contributed by atoms with Gasteiger partial charge < -0.3 is 10.6 Å². The van der Waals surface area contributed by atoms with Crippen LogP contribution in [0.2, 0.25) is 5.02 Å². The fraction of sp³-hybridized carbons (Fsp3) is 0.353. The van der Waals surface area contributed by atoms with Crippen molar-refractivity contribution in [3.05, 3.63) is 50.9 Å². The van der Waals surface area contributed by atoms with E-state index in [1.54, 1.807) is 11.3 Å². The Morgan fingerprint density at radius 1 is 1.39 bits per heavy atom. The van der Waals surface area contributed by atoms with Crippen molar-refractivity contribution in [1.82, 2.24) is 10.2 Å². The SMILES string of the molecule is CCN1CCc2c(sc3c2C(=O)N[C@H](c2cccc(Cl)c2)N3)C1. The number of hydrogen-bond acceptors (Lipinski definition) is 4. The summed E-state index contributed by atoms with van der Waals surface area (Å²) < 4.78 is 0. The van der Waals surface area contributed by atoms with Gasteiger partial charge in [0.15, 0.2) is 0 Å². The molecule has 0 spiro atoms. The molecule has 0 fully saturated rings. The molecule has 2 aliphatic rings. The van der Waals surface area contributed by atoms with Crippen molar-refractivity contribution in [3.8, 4) is 0 Å². The summed E-state index contributed by atoms with van der Waals surface area (Å²) in [5, 5.41) is 8.19. The minimum Gasteiger partial charge on any atom is -0.353 e. The van der Waals surface area contributed by atoms with Crippen molar-refractivity contribution in [1.29, 1.82) is 0 Å². The summed E-state index contributed by atoms with van der Waals surface area (Å²) in [6.07, 6.45) is 0.724. The Hall–Kier alpha value is -1.56. The number of rotatable bonds is 2. The summed E-state index contributed by atoms with van der Waals surface area (Å²) in [6.45, 7) is 5.20. The van der Waals surface area contributed by atoms with Crippen LogP contribution >= 0.6 is 22.9 Å². The third-order valence-electron chi connectivity index (χ3n) is 4.54. The maximum absolute atomic E-state index is 12.6. The van der Waals surface area contributed by atoms with Crippen molar-refractivity contribution >= 4 is 33.8 Å². The zero-order chi connectivity index (χ0) is 16.0.